The first-order chi connectivity index (χ1) is 15.9. The number of halogens is 2. The van der Waals surface area contributed by atoms with Crippen LogP contribution in [0.1, 0.15) is 25.7 Å². The van der Waals surface area contributed by atoms with Crippen molar-refractivity contribution in [2.24, 2.45) is 4.99 Å². The number of fused-ring (bicyclic) bond motifs is 1. The van der Waals surface area contributed by atoms with Gasteiger partial charge in [-0.2, -0.15) is 0 Å². The van der Waals surface area contributed by atoms with E-state index in [-0.39, 0.29) is 17.8 Å². The molecule has 9 nitrogen and oxygen atoms in total. The molecule has 0 saturated heterocycles. The highest BCUT2D eigenvalue weighted by Crippen LogP contribution is 2.24. The number of carbonyl (C=O) groups excluding carboxylic acids is 3. The molecule has 4 rings (SSSR count). The van der Waals surface area contributed by atoms with Crippen LogP contribution >= 0.6 is 23.2 Å². The Morgan fingerprint density at radius 2 is 1.52 bits per heavy atom. The first kappa shape index (κ1) is 22.9. The number of hydrogen-bond donors (Lipinski definition) is 4. The Morgan fingerprint density at radius 1 is 0.879 bits per heavy atom. The van der Waals surface area contributed by atoms with Crippen LogP contribution in [0.25, 0.3) is 0 Å². The molecule has 1 aliphatic carbocycles. The van der Waals surface area contributed by atoms with Gasteiger partial charge in [0.25, 0.3) is 0 Å². The van der Waals surface area contributed by atoms with Gasteiger partial charge < -0.3 is 10.6 Å². The van der Waals surface area contributed by atoms with E-state index < -0.39 is 18.1 Å². The van der Waals surface area contributed by atoms with Gasteiger partial charge in [0.15, 0.2) is 5.96 Å². The predicted octanol–water partition coefficient (Wildman–Crippen LogP) is 4.72. The standard InChI is InChI=1S/C22H22Cl2N6O3/c23-13-5-9-15(10-6-13)25-20(31)29-22(33)30(16-11-7-14(24)8-12-16)21(32)28-19-26-17-3-1-2-4-18(17)27-19/h5-12,17-18H,1-4H2,(H2,25,29,31,33)(H2,26,27,28,32)/t17-,18-/m0/s1. The van der Waals surface area contributed by atoms with E-state index in [9.17, 15) is 14.4 Å². The monoisotopic (exact) mass is 488 g/mol. The lowest BCUT2D eigenvalue weighted by molar-refractivity contribution is 0.232. The van der Waals surface area contributed by atoms with Crippen LogP contribution in [0.15, 0.2) is 53.5 Å². The third kappa shape index (κ3) is 5.74. The molecule has 1 heterocycles. The van der Waals surface area contributed by atoms with E-state index in [2.05, 4.69) is 26.3 Å². The van der Waals surface area contributed by atoms with E-state index >= 15 is 0 Å². The van der Waals surface area contributed by atoms with Crippen molar-refractivity contribution in [2.75, 3.05) is 10.2 Å². The lowest BCUT2D eigenvalue weighted by Gasteiger charge is -2.23. The quantitative estimate of drug-likeness (QED) is 0.489. The summed E-state index contributed by atoms with van der Waals surface area (Å²) in [5.41, 5.74) is 0.656. The molecule has 33 heavy (non-hydrogen) atoms. The SMILES string of the molecule is O=C(NC(=O)N(C(=O)NC1=N[C@H]2CCCC[C@@H]2N1)c1ccc(Cl)cc1)Nc1ccc(Cl)cc1. The maximum absolute atomic E-state index is 13.1. The van der Waals surface area contributed by atoms with Crippen LogP contribution in [0.3, 0.4) is 0 Å². The van der Waals surface area contributed by atoms with E-state index in [0.717, 1.165) is 30.6 Å². The van der Waals surface area contributed by atoms with Gasteiger partial charge in [-0.3, -0.25) is 10.6 Å². The number of guanidine groups is 1. The predicted molar refractivity (Wildman–Crippen MR) is 128 cm³/mol. The van der Waals surface area contributed by atoms with Crippen molar-refractivity contribution < 1.29 is 14.4 Å². The van der Waals surface area contributed by atoms with Gasteiger partial charge in [-0.15, -0.1) is 0 Å². The Morgan fingerprint density at radius 3 is 2.18 bits per heavy atom. The molecule has 172 valence electrons. The second kappa shape index (κ2) is 10.1. The number of hydrogen-bond acceptors (Lipinski definition) is 5. The van der Waals surface area contributed by atoms with E-state index in [1.54, 1.807) is 24.3 Å². The molecule has 11 heteroatoms. The van der Waals surface area contributed by atoms with Crippen molar-refractivity contribution in [3.63, 3.8) is 0 Å². The van der Waals surface area contributed by atoms with Crippen molar-refractivity contribution >= 4 is 58.6 Å². The molecule has 6 amide bonds. The van der Waals surface area contributed by atoms with Crippen LogP contribution < -0.4 is 26.2 Å². The van der Waals surface area contributed by atoms with E-state index in [1.165, 1.54) is 24.3 Å². The summed E-state index contributed by atoms with van der Waals surface area (Å²) in [5.74, 6) is 0.314. The third-order valence-corrected chi connectivity index (χ3v) is 5.89. The number of anilines is 2. The highest BCUT2D eigenvalue weighted by Gasteiger charge is 2.33. The lowest BCUT2D eigenvalue weighted by Crippen LogP contribution is -2.54. The third-order valence-electron chi connectivity index (χ3n) is 5.39. The van der Waals surface area contributed by atoms with Gasteiger partial charge in [-0.25, -0.2) is 24.3 Å². The Bertz CT molecular complexity index is 1070. The molecule has 0 unspecified atom stereocenters. The van der Waals surface area contributed by atoms with Crippen molar-refractivity contribution in [2.45, 2.75) is 37.8 Å². The number of rotatable bonds is 2. The second-order valence-corrected chi connectivity index (χ2v) is 8.59. The molecular formula is C22H22Cl2N6O3. The zero-order valence-electron chi connectivity index (χ0n) is 17.5. The molecule has 2 aliphatic rings. The number of carbonyl (C=O) groups is 3. The molecule has 0 radical (unpaired) electrons. The molecule has 0 bridgehead atoms. The van der Waals surface area contributed by atoms with Crippen LogP contribution in [-0.2, 0) is 0 Å². The lowest BCUT2D eigenvalue weighted by atomic mass is 9.92. The van der Waals surface area contributed by atoms with E-state index in [4.69, 9.17) is 23.2 Å². The molecule has 1 aliphatic heterocycles. The zero-order valence-corrected chi connectivity index (χ0v) is 19.0. The van der Waals surface area contributed by atoms with Crippen molar-refractivity contribution in [1.29, 1.82) is 0 Å². The molecule has 2 aromatic carbocycles. The number of aliphatic imine (C=N–C) groups is 1. The van der Waals surface area contributed by atoms with Crippen LogP contribution in [0.2, 0.25) is 10.0 Å². The van der Waals surface area contributed by atoms with E-state index in [0.29, 0.717) is 21.7 Å². The van der Waals surface area contributed by atoms with Gasteiger partial charge >= 0.3 is 18.1 Å². The molecule has 2 aromatic rings. The Kier molecular flexibility index (Phi) is 7.00. The first-order valence-corrected chi connectivity index (χ1v) is 11.2. The summed E-state index contributed by atoms with van der Waals surface area (Å²) in [5, 5.41) is 11.5. The number of nitrogens with one attached hydrogen (secondary N) is 4. The number of benzene rings is 2. The van der Waals surface area contributed by atoms with Gasteiger partial charge in [0.05, 0.1) is 17.8 Å². The second-order valence-electron chi connectivity index (χ2n) is 7.71. The summed E-state index contributed by atoms with van der Waals surface area (Å²) >= 11 is 11.8. The molecule has 4 N–H and O–H groups in total. The summed E-state index contributed by atoms with van der Waals surface area (Å²) in [7, 11) is 0. The summed E-state index contributed by atoms with van der Waals surface area (Å²) in [6.45, 7) is 0. The molecular weight excluding hydrogens is 467 g/mol. The average Bonchev–Trinajstić information content (AvgIpc) is 3.19. The Balaban J connectivity index is 1.47. The molecule has 1 saturated carbocycles. The molecule has 2 atom stereocenters. The fourth-order valence-electron chi connectivity index (χ4n) is 3.80. The number of imide groups is 2. The zero-order chi connectivity index (χ0) is 23.4. The summed E-state index contributed by atoms with van der Waals surface area (Å²) < 4.78 is 0. The fraction of sp³-hybridized carbons (Fsp3) is 0.273. The van der Waals surface area contributed by atoms with Gasteiger partial charge in [-0.05, 0) is 61.4 Å². The minimum Gasteiger partial charge on any atom is -0.351 e. The molecule has 0 aromatic heterocycles. The summed E-state index contributed by atoms with van der Waals surface area (Å²) in [6.07, 6.45) is 4.12. The van der Waals surface area contributed by atoms with Crippen molar-refractivity contribution in [1.82, 2.24) is 16.0 Å². The van der Waals surface area contributed by atoms with Crippen LogP contribution in [0.4, 0.5) is 25.8 Å². The Hall–Kier alpha value is -3.30. The van der Waals surface area contributed by atoms with Gasteiger partial charge in [-0.1, -0.05) is 36.0 Å². The minimum atomic E-state index is -0.947. The van der Waals surface area contributed by atoms with Gasteiger partial charge in [0, 0.05) is 15.7 Å². The van der Waals surface area contributed by atoms with Crippen LogP contribution in [-0.4, -0.2) is 36.1 Å². The molecule has 1 fully saturated rings. The van der Waals surface area contributed by atoms with Gasteiger partial charge in [0.2, 0.25) is 0 Å². The minimum absolute atomic E-state index is 0.108. The number of nitrogens with zero attached hydrogens (tertiary/aromatic N) is 2. The fourth-order valence-corrected chi connectivity index (χ4v) is 4.06. The molecule has 0 spiro atoms. The average molecular weight is 489 g/mol. The maximum atomic E-state index is 13.1. The highest BCUT2D eigenvalue weighted by molar-refractivity contribution is 6.31. The maximum Gasteiger partial charge on any atom is 0.338 e. The van der Waals surface area contributed by atoms with Crippen LogP contribution in [0, 0.1) is 0 Å². The highest BCUT2D eigenvalue weighted by atomic mass is 35.5. The number of amides is 6. The smallest absolute Gasteiger partial charge is 0.338 e. The topological polar surface area (TPSA) is 115 Å². The largest absolute Gasteiger partial charge is 0.351 e. The normalized spacial score (nSPS) is 18.9. The summed E-state index contributed by atoms with van der Waals surface area (Å²) in [6, 6.07) is 10.2. The van der Waals surface area contributed by atoms with Crippen LogP contribution in [0.5, 0.6) is 0 Å². The van der Waals surface area contributed by atoms with Gasteiger partial charge in [0.1, 0.15) is 0 Å². The first-order valence-electron chi connectivity index (χ1n) is 10.5. The Labute approximate surface area is 200 Å². The van der Waals surface area contributed by atoms with Crippen molar-refractivity contribution in [3.8, 4) is 0 Å². The van der Waals surface area contributed by atoms with E-state index in [1.807, 2.05) is 0 Å². The number of urea groups is 3. The van der Waals surface area contributed by atoms with Crippen molar-refractivity contribution in [3.05, 3.63) is 58.6 Å². The summed E-state index contributed by atoms with van der Waals surface area (Å²) in [4.78, 5) is 43.7.